The zero-order valence-corrected chi connectivity index (χ0v) is 13.3. The Morgan fingerprint density at radius 1 is 1.35 bits per heavy atom. The van der Waals surface area contributed by atoms with Gasteiger partial charge in [0.15, 0.2) is 0 Å². The molecule has 0 saturated carbocycles. The largest absolute Gasteiger partial charge is 1.00 e. The maximum Gasteiger partial charge on any atom is 1.00 e. The van der Waals surface area contributed by atoms with Crippen LogP contribution in [0.3, 0.4) is 0 Å². The van der Waals surface area contributed by atoms with E-state index in [1.165, 1.54) is 24.3 Å². The van der Waals surface area contributed by atoms with E-state index in [9.17, 15) is 18.3 Å². The number of hydrogen-bond donors (Lipinski definition) is 2. The number of carboxylic acid groups (broad SMARTS) is 1. The molecule has 1 atom stereocenters. The number of aliphatic carboxylic acids is 1. The fourth-order valence-electron chi connectivity index (χ4n) is 0.885. The predicted molar refractivity (Wildman–Crippen MR) is 54.1 cm³/mol. The number of benzene rings is 1. The second kappa shape index (κ2) is 6.39. The monoisotopic (exact) mass is 286 g/mol. The average molecular weight is 286 g/mol. The van der Waals surface area contributed by atoms with Crippen LogP contribution in [0, 0.1) is 0 Å². The van der Waals surface area contributed by atoms with Gasteiger partial charge in [0.2, 0.25) is 0 Å². The molecule has 6 nitrogen and oxygen atoms in total. The van der Waals surface area contributed by atoms with Gasteiger partial charge in [-0.2, -0.15) is 8.42 Å². The first-order valence-corrected chi connectivity index (χ1v) is 5.63. The van der Waals surface area contributed by atoms with Gasteiger partial charge in [-0.1, -0.05) is 18.2 Å². The standard InChI is InChI=1S/C9H10O6S.K.H/c1-9(12,8(10)11)15-16(13,14)7-5-3-2-4-6-7;;/h2-6,12H,1H3,(H,10,11);;/q;+1;-1. The van der Waals surface area contributed by atoms with Crippen molar-refractivity contribution >= 4 is 16.1 Å². The topological polar surface area (TPSA) is 101 Å². The SMILES string of the molecule is CC(O)(OS(=O)(=O)c1ccccc1)C(=O)O.[H-].[K+]. The minimum absolute atomic E-state index is 0. The first-order valence-electron chi connectivity index (χ1n) is 4.22. The van der Waals surface area contributed by atoms with Crippen molar-refractivity contribution in [2.75, 3.05) is 0 Å². The molecule has 0 fully saturated rings. The van der Waals surface area contributed by atoms with E-state index in [0.29, 0.717) is 0 Å². The van der Waals surface area contributed by atoms with E-state index in [2.05, 4.69) is 4.18 Å². The molecule has 0 aromatic heterocycles. The van der Waals surface area contributed by atoms with Crippen molar-refractivity contribution < 1.29 is 80.4 Å². The first-order chi connectivity index (χ1) is 7.26. The van der Waals surface area contributed by atoms with Crippen LogP contribution >= 0.6 is 0 Å². The maximum atomic E-state index is 11.5. The van der Waals surface area contributed by atoms with Crippen molar-refractivity contribution in [1.82, 2.24) is 0 Å². The Morgan fingerprint density at radius 3 is 2.24 bits per heavy atom. The van der Waals surface area contributed by atoms with Crippen LogP contribution in [0.5, 0.6) is 0 Å². The molecule has 1 aromatic carbocycles. The molecule has 1 aromatic rings. The van der Waals surface area contributed by atoms with E-state index in [-0.39, 0.29) is 57.7 Å². The molecular formula is C9H11KO6S. The molecular weight excluding hydrogens is 275 g/mol. The van der Waals surface area contributed by atoms with Gasteiger partial charge in [-0.25, -0.2) is 8.98 Å². The molecule has 8 heteroatoms. The van der Waals surface area contributed by atoms with Gasteiger partial charge in [-0.15, -0.1) is 0 Å². The van der Waals surface area contributed by atoms with Crippen LogP contribution in [0.2, 0.25) is 0 Å². The normalized spacial score (nSPS) is 14.5. The minimum Gasteiger partial charge on any atom is -1.00 e. The average Bonchev–Trinajstić information content (AvgIpc) is 2.17. The van der Waals surface area contributed by atoms with Crippen molar-refractivity contribution in [2.45, 2.75) is 17.6 Å². The summed E-state index contributed by atoms with van der Waals surface area (Å²) in [6.07, 6.45) is 0. The van der Waals surface area contributed by atoms with Crippen molar-refractivity contribution in [3.63, 3.8) is 0 Å². The molecule has 1 rings (SSSR count). The first kappa shape index (κ1) is 17.2. The van der Waals surface area contributed by atoms with Crippen molar-refractivity contribution in [2.24, 2.45) is 0 Å². The molecule has 17 heavy (non-hydrogen) atoms. The van der Waals surface area contributed by atoms with Crippen LogP contribution in [0.1, 0.15) is 8.35 Å². The Hall–Kier alpha value is 0.196. The quantitative estimate of drug-likeness (QED) is 0.355. The molecule has 1 unspecified atom stereocenters. The Bertz CT molecular complexity index is 487. The minimum atomic E-state index is -4.29. The van der Waals surface area contributed by atoms with Gasteiger partial charge in [-0.3, -0.25) is 0 Å². The van der Waals surface area contributed by atoms with Crippen LogP contribution in [-0.4, -0.2) is 30.4 Å². The Labute approximate surface area is 143 Å². The summed E-state index contributed by atoms with van der Waals surface area (Å²) in [6.45, 7) is 0.732. The van der Waals surface area contributed by atoms with Gasteiger partial charge in [0.05, 0.1) is 4.90 Å². The molecule has 0 amide bonds. The van der Waals surface area contributed by atoms with Crippen molar-refractivity contribution in [3.8, 4) is 0 Å². The van der Waals surface area contributed by atoms with Gasteiger partial charge in [0.1, 0.15) is 0 Å². The molecule has 2 N–H and O–H groups in total. The van der Waals surface area contributed by atoms with E-state index < -0.39 is 21.9 Å². The second-order valence-electron chi connectivity index (χ2n) is 3.14. The Kier molecular flexibility index (Phi) is 6.46. The third kappa shape index (κ3) is 4.76. The molecule has 0 heterocycles. The fraction of sp³-hybridized carbons (Fsp3) is 0.222. The van der Waals surface area contributed by atoms with Crippen LogP contribution in [0.4, 0.5) is 0 Å². The number of hydrogen-bond acceptors (Lipinski definition) is 5. The zero-order valence-electron chi connectivity index (χ0n) is 10.3. The van der Waals surface area contributed by atoms with Crippen molar-refractivity contribution in [3.05, 3.63) is 30.3 Å². The summed E-state index contributed by atoms with van der Waals surface area (Å²) in [6, 6.07) is 6.95. The molecule has 0 spiro atoms. The molecule has 0 aliphatic carbocycles. The molecule has 0 aliphatic heterocycles. The number of rotatable bonds is 4. The Balaban J connectivity index is 0. The fourth-order valence-corrected chi connectivity index (χ4v) is 1.97. The summed E-state index contributed by atoms with van der Waals surface area (Å²) in [7, 11) is -4.29. The van der Waals surface area contributed by atoms with E-state index >= 15 is 0 Å². The third-order valence-corrected chi connectivity index (χ3v) is 3.09. The van der Waals surface area contributed by atoms with Crippen LogP contribution in [0.15, 0.2) is 35.2 Å². The molecule has 0 radical (unpaired) electrons. The van der Waals surface area contributed by atoms with Gasteiger partial charge >= 0.3 is 57.4 Å². The molecule has 0 bridgehead atoms. The molecule has 0 aliphatic rings. The van der Waals surface area contributed by atoms with E-state index in [1.54, 1.807) is 6.07 Å². The van der Waals surface area contributed by atoms with Gasteiger partial charge in [0, 0.05) is 6.92 Å². The Morgan fingerprint density at radius 2 is 1.82 bits per heavy atom. The van der Waals surface area contributed by atoms with E-state index in [0.717, 1.165) is 6.92 Å². The summed E-state index contributed by atoms with van der Waals surface area (Å²) in [4.78, 5) is 10.3. The van der Waals surface area contributed by atoms with Crippen molar-refractivity contribution in [1.29, 1.82) is 0 Å². The van der Waals surface area contributed by atoms with Gasteiger partial charge < -0.3 is 11.6 Å². The zero-order chi connectivity index (χ0) is 12.4. The second-order valence-corrected chi connectivity index (χ2v) is 4.68. The predicted octanol–water partition coefficient (Wildman–Crippen LogP) is -2.70. The summed E-state index contributed by atoms with van der Waals surface area (Å²) in [5.41, 5.74) is 0. The van der Waals surface area contributed by atoms with Crippen LogP contribution in [0.25, 0.3) is 0 Å². The molecule has 90 valence electrons. The maximum absolute atomic E-state index is 11.5. The smallest absolute Gasteiger partial charge is 1.00 e. The summed E-state index contributed by atoms with van der Waals surface area (Å²) >= 11 is 0. The van der Waals surface area contributed by atoms with Crippen LogP contribution in [-0.2, 0) is 19.1 Å². The van der Waals surface area contributed by atoms with E-state index in [4.69, 9.17) is 5.11 Å². The number of carbonyl (C=O) groups is 1. The molecule has 0 saturated heterocycles. The van der Waals surface area contributed by atoms with E-state index in [1.807, 2.05) is 0 Å². The third-order valence-electron chi connectivity index (χ3n) is 1.70. The van der Waals surface area contributed by atoms with Gasteiger partial charge in [-0.05, 0) is 12.1 Å². The van der Waals surface area contributed by atoms with Gasteiger partial charge in [0.25, 0.3) is 15.9 Å². The summed E-state index contributed by atoms with van der Waals surface area (Å²) < 4.78 is 27.2. The van der Waals surface area contributed by atoms with Crippen LogP contribution < -0.4 is 51.4 Å². The number of aliphatic hydroxyl groups is 1. The summed E-state index contributed by atoms with van der Waals surface area (Å²) in [5, 5.41) is 17.7. The number of carboxylic acids is 1. The summed E-state index contributed by atoms with van der Waals surface area (Å²) in [5.74, 6) is -4.57.